The summed E-state index contributed by atoms with van der Waals surface area (Å²) in [6.45, 7) is 3.65. The lowest BCUT2D eigenvalue weighted by atomic mass is 10.2. The zero-order valence-corrected chi connectivity index (χ0v) is 11.3. The largest absolute Gasteiger partial charge is 0.397 e. The van der Waals surface area contributed by atoms with E-state index in [1.54, 1.807) is 12.1 Å². The topological polar surface area (TPSA) is 58.4 Å². The van der Waals surface area contributed by atoms with Crippen molar-refractivity contribution >= 4 is 34.6 Å². The molecule has 4 nitrogen and oxygen atoms in total. The minimum Gasteiger partial charge on any atom is -0.397 e. The Morgan fingerprint density at radius 3 is 2.47 bits per heavy atom. The Kier molecular flexibility index (Phi) is 4.23. The standard InChI is InChI=1S/C12H18ClN3O/c1-7(2)12(17)15-10-6-11(16(3)4)9(14)5-8(10)13/h5-7H,14H2,1-4H3,(H,15,17). The number of rotatable bonds is 3. The maximum atomic E-state index is 11.6. The summed E-state index contributed by atoms with van der Waals surface area (Å²) in [5, 5.41) is 3.23. The molecule has 0 saturated heterocycles. The Bertz CT molecular complexity index is 430. The Morgan fingerprint density at radius 2 is 2.00 bits per heavy atom. The van der Waals surface area contributed by atoms with Crippen molar-refractivity contribution < 1.29 is 4.79 Å². The van der Waals surface area contributed by atoms with Crippen LogP contribution in [-0.4, -0.2) is 20.0 Å². The van der Waals surface area contributed by atoms with Gasteiger partial charge in [-0.25, -0.2) is 0 Å². The SMILES string of the molecule is CC(C)C(=O)Nc1cc(N(C)C)c(N)cc1Cl. The van der Waals surface area contributed by atoms with Crippen molar-refractivity contribution in [3.05, 3.63) is 17.2 Å². The van der Waals surface area contributed by atoms with E-state index in [2.05, 4.69) is 5.32 Å². The molecule has 0 saturated carbocycles. The molecular formula is C12H18ClN3O. The van der Waals surface area contributed by atoms with Crippen molar-refractivity contribution in [2.24, 2.45) is 5.92 Å². The van der Waals surface area contributed by atoms with Gasteiger partial charge in [-0.05, 0) is 12.1 Å². The molecular weight excluding hydrogens is 238 g/mol. The molecule has 0 heterocycles. The summed E-state index contributed by atoms with van der Waals surface area (Å²) < 4.78 is 0. The van der Waals surface area contributed by atoms with Crippen LogP contribution in [0.15, 0.2) is 12.1 Å². The van der Waals surface area contributed by atoms with Gasteiger partial charge in [-0.1, -0.05) is 25.4 Å². The van der Waals surface area contributed by atoms with Crippen LogP contribution in [0.5, 0.6) is 0 Å². The van der Waals surface area contributed by atoms with Crippen molar-refractivity contribution in [1.29, 1.82) is 0 Å². The number of carbonyl (C=O) groups is 1. The predicted octanol–water partition coefficient (Wildman–Crippen LogP) is 2.58. The molecule has 0 spiro atoms. The molecule has 0 fully saturated rings. The number of amides is 1. The second kappa shape index (κ2) is 5.27. The fraction of sp³-hybridized carbons (Fsp3) is 0.417. The van der Waals surface area contributed by atoms with Gasteiger partial charge in [0.2, 0.25) is 5.91 Å². The summed E-state index contributed by atoms with van der Waals surface area (Å²) in [5.74, 6) is -0.159. The molecule has 3 N–H and O–H groups in total. The number of nitrogen functional groups attached to an aromatic ring is 1. The quantitative estimate of drug-likeness (QED) is 0.817. The molecule has 17 heavy (non-hydrogen) atoms. The number of nitrogens with zero attached hydrogens (tertiary/aromatic N) is 1. The molecule has 0 aliphatic rings. The Labute approximate surface area is 107 Å². The van der Waals surface area contributed by atoms with Gasteiger partial charge < -0.3 is 16.0 Å². The van der Waals surface area contributed by atoms with E-state index in [1.165, 1.54) is 0 Å². The molecule has 1 aromatic rings. The zero-order chi connectivity index (χ0) is 13.2. The van der Waals surface area contributed by atoms with Gasteiger partial charge >= 0.3 is 0 Å². The van der Waals surface area contributed by atoms with Crippen molar-refractivity contribution in [2.45, 2.75) is 13.8 Å². The highest BCUT2D eigenvalue weighted by molar-refractivity contribution is 6.34. The summed E-state index contributed by atoms with van der Waals surface area (Å²) in [6.07, 6.45) is 0. The third kappa shape index (κ3) is 3.27. The van der Waals surface area contributed by atoms with E-state index in [1.807, 2.05) is 32.8 Å². The van der Waals surface area contributed by atoms with Gasteiger partial charge in [-0.15, -0.1) is 0 Å². The summed E-state index contributed by atoms with van der Waals surface area (Å²) in [7, 11) is 3.77. The molecule has 1 rings (SSSR count). The number of halogens is 1. The van der Waals surface area contributed by atoms with Crippen LogP contribution in [0.3, 0.4) is 0 Å². The first-order chi connectivity index (χ1) is 7.82. The first-order valence-corrected chi connectivity index (χ1v) is 5.78. The molecule has 5 heteroatoms. The van der Waals surface area contributed by atoms with E-state index in [-0.39, 0.29) is 11.8 Å². The number of carbonyl (C=O) groups excluding carboxylic acids is 1. The lowest BCUT2D eigenvalue weighted by molar-refractivity contribution is -0.118. The van der Waals surface area contributed by atoms with Gasteiger partial charge in [0.05, 0.1) is 22.1 Å². The summed E-state index contributed by atoms with van der Waals surface area (Å²) in [4.78, 5) is 13.5. The van der Waals surface area contributed by atoms with Gasteiger partial charge in [-0.2, -0.15) is 0 Å². The Hall–Kier alpha value is -1.42. The molecule has 1 amide bonds. The second-order valence-corrected chi connectivity index (χ2v) is 4.84. The molecule has 0 aromatic heterocycles. The van der Waals surface area contributed by atoms with Crippen LogP contribution in [-0.2, 0) is 4.79 Å². The van der Waals surface area contributed by atoms with Crippen molar-refractivity contribution in [3.63, 3.8) is 0 Å². The first kappa shape index (κ1) is 13.6. The number of anilines is 3. The summed E-state index contributed by atoms with van der Waals surface area (Å²) >= 11 is 6.04. The van der Waals surface area contributed by atoms with Gasteiger partial charge in [0, 0.05) is 20.0 Å². The fourth-order valence-corrected chi connectivity index (χ4v) is 1.56. The minimum atomic E-state index is -0.0913. The maximum Gasteiger partial charge on any atom is 0.226 e. The number of benzene rings is 1. The van der Waals surface area contributed by atoms with Gasteiger partial charge in [0.1, 0.15) is 0 Å². The van der Waals surface area contributed by atoms with E-state index in [0.29, 0.717) is 16.4 Å². The molecule has 1 aromatic carbocycles. The van der Waals surface area contributed by atoms with E-state index in [0.717, 1.165) is 5.69 Å². The van der Waals surface area contributed by atoms with Crippen LogP contribution in [0.2, 0.25) is 5.02 Å². The van der Waals surface area contributed by atoms with Gasteiger partial charge in [0.15, 0.2) is 0 Å². The summed E-state index contributed by atoms with van der Waals surface area (Å²) in [6, 6.07) is 3.42. The van der Waals surface area contributed by atoms with Crippen LogP contribution in [0.25, 0.3) is 0 Å². The number of hydrogen-bond donors (Lipinski definition) is 2. The van der Waals surface area contributed by atoms with E-state index < -0.39 is 0 Å². The molecule has 0 radical (unpaired) electrons. The van der Waals surface area contributed by atoms with Crippen LogP contribution in [0.1, 0.15) is 13.8 Å². The van der Waals surface area contributed by atoms with E-state index in [4.69, 9.17) is 17.3 Å². The van der Waals surface area contributed by atoms with Gasteiger partial charge in [-0.3, -0.25) is 4.79 Å². The Morgan fingerprint density at radius 1 is 1.41 bits per heavy atom. The lowest BCUT2D eigenvalue weighted by Crippen LogP contribution is -2.19. The van der Waals surface area contributed by atoms with Crippen LogP contribution >= 0.6 is 11.6 Å². The van der Waals surface area contributed by atoms with E-state index in [9.17, 15) is 4.79 Å². The van der Waals surface area contributed by atoms with Crippen molar-refractivity contribution in [2.75, 3.05) is 30.0 Å². The van der Waals surface area contributed by atoms with Gasteiger partial charge in [0.25, 0.3) is 0 Å². The smallest absolute Gasteiger partial charge is 0.226 e. The van der Waals surface area contributed by atoms with Crippen molar-refractivity contribution in [1.82, 2.24) is 0 Å². The third-order valence-electron chi connectivity index (χ3n) is 2.38. The number of hydrogen-bond acceptors (Lipinski definition) is 3. The highest BCUT2D eigenvalue weighted by atomic mass is 35.5. The maximum absolute atomic E-state index is 11.6. The Balaban J connectivity index is 3.08. The fourth-order valence-electron chi connectivity index (χ4n) is 1.34. The number of nitrogens with one attached hydrogen (secondary N) is 1. The third-order valence-corrected chi connectivity index (χ3v) is 2.69. The molecule has 94 valence electrons. The van der Waals surface area contributed by atoms with Crippen LogP contribution in [0.4, 0.5) is 17.1 Å². The average molecular weight is 256 g/mol. The molecule has 0 aliphatic carbocycles. The van der Waals surface area contributed by atoms with Crippen LogP contribution < -0.4 is 16.0 Å². The monoisotopic (exact) mass is 255 g/mol. The molecule has 0 aliphatic heterocycles. The first-order valence-electron chi connectivity index (χ1n) is 5.40. The van der Waals surface area contributed by atoms with Crippen LogP contribution in [0, 0.1) is 5.92 Å². The molecule has 0 bridgehead atoms. The van der Waals surface area contributed by atoms with Crippen molar-refractivity contribution in [3.8, 4) is 0 Å². The second-order valence-electron chi connectivity index (χ2n) is 4.43. The minimum absolute atomic E-state index is 0.0682. The van der Waals surface area contributed by atoms with E-state index >= 15 is 0 Å². The molecule has 0 unspecified atom stereocenters. The highest BCUT2D eigenvalue weighted by Crippen LogP contribution is 2.32. The zero-order valence-electron chi connectivity index (χ0n) is 10.5. The highest BCUT2D eigenvalue weighted by Gasteiger charge is 2.12. The predicted molar refractivity (Wildman–Crippen MR) is 73.7 cm³/mol. The molecule has 0 atom stereocenters. The average Bonchev–Trinajstić information content (AvgIpc) is 2.21. The lowest BCUT2D eigenvalue weighted by Gasteiger charge is -2.18. The summed E-state index contributed by atoms with van der Waals surface area (Å²) in [5.41, 5.74) is 7.84. The number of nitrogens with two attached hydrogens (primary N) is 1. The normalized spacial score (nSPS) is 10.5.